The molecule has 1 aromatic heterocycles. The van der Waals surface area contributed by atoms with Gasteiger partial charge in [0.25, 0.3) is 0 Å². The Morgan fingerprint density at radius 3 is 1.71 bits per heavy atom. The Balaban J connectivity index is 1.05. The molecule has 63 heavy (non-hydrogen) atoms. The van der Waals surface area contributed by atoms with Gasteiger partial charge in [-0.2, -0.15) is 0 Å². The molecular weight excluding hydrogens is 779 g/mol. The standard InChI is InChI=1S/C61H43NS/c1-61(2)54-37-43(29-32-47(54)48-33-31-45(38-55(48)61)60-62-56-27-15-16-28-57(56)63-60)42-30-34-52-53(36-42)58(44-22-10-9-21-41(35-44)39-17-5-3-6-18-39)50-25-13-14-26-51(50)59(52)49-24-12-11-23-46(49)40-19-7-4-8-20-40/h3-34,36-38H,35H2,1-2H3. The lowest BCUT2D eigenvalue weighted by molar-refractivity contribution is 0.661. The Bertz CT molecular complexity index is 3510. The summed E-state index contributed by atoms with van der Waals surface area (Å²) >= 11 is 1.77. The van der Waals surface area contributed by atoms with E-state index >= 15 is 0 Å². The van der Waals surface area contributed by atoms with Gasteiger partial charge in [-0.3, -0.25) is 0 Å². The fourth-order valence-electron chi connectivity index (χ4n) is 10.3. The summed E-state index contributed by atoms with van der Waals surface area (Å²) in [6.07, 6.45) is 9.87. The second kappa shape index (κ2) is 14.9. The summed E-state index contributed by atoms with van der Waals surface area (Å²) in [6.45, 7) is 4.77. The van der Waals surface area contributed by atoms with Crippen LogP contribution in [0.5, 0.6) is 0 Å². The van der Waals surface area contributed by atoms with E-state index in [4.69, 9.17) is 4.98 Å². The summed E-state index contributed by atoms with van der Waals surface area (Å²) < 4.78 is 1.22. The second-order valence-electron chi connectivity index (χ2n) is 17.4. The largest absolute Gasteiger partial charge is 0.236 e. The molecule has 2 heteroatoms. The lowest BCUT2D eigenvalue weighted by Crippen LogP contribution is -2.15. The summed E-state index contributed by atoms with van der Waals surface area (Å²) in [6, 6.07) is 69.5. The number of para-hydroxylation sites is 1. The zero-order chi connectivity index (χ0) is 42.1. The van der Waals surface area contributed by atoms with Gasteiger partial charge in [0.2, 0.25) is 0 Å². The van der Waals surface area contributed by atoms with Gasteiger partial charge in [0.15, 0.2) is 0 Å². The highest BCUT2D eigenvalue weighted by atomic mass is 32.1. The fourth-order valence-corrected chi connectivity index (χ4v) is 11.3. The maximum atomic E-state index is 5.02. The van der Waals surface area contributed by atoms with Crippen molar-refractivity contribution >= 4 is 54.2 Å². The quantitative estimate of drug-likeness (QED) is 0.152. The highest BCUT2D eigenvalue weighted by Gasteiger charge is 2.36. The van der Waals surface area contributed by atoms with Crippen molar-refractivity contribution in [3.05, 3.63) is 235 Å². The maximum absolute atomic E-state index is 5.02. The van der Waals surface area contributed by atoms with Crippen molar-refractivity contribution in [2.75, 3.05) is 0 Å². The molecule has 0 radical (unpaired) electrons. The van der Waals surface area contributed by atoms with Crippen molar-refractivity contribution < 1.29 is 0 Å². The van der Waals surface area contributed by atoms with E-state index in [1.54, 1.807) is 11.3 Å². The van der Waals surface area contributed by atoms with Gasteiger partial charge in [-0.15, -0.1) is 11.3 Å². The molecule has 0 saturated carbocycles. The molecule has 0 aliphatic heterocycles. The molecule has 9 aromatic carbocycles. The molecule has 0 saturated heterocycles. The van der Waals surface area contributed by atoms with Crippen molar-refractivity contribution in [2.24, 2.45) is 0 Å². The van der Waals surface area contributed by atoms with Crippen LogP contribution in [0.25, 0.3) is 98.0 Å². The van der Waals surface area contributed by atoms with Crippen LogP contribution in [-0.2, 0) is 5.41 Å². The Morgan fingerprint density at radius 2 is 0.968 bits per heavy atom. The van der Waals surface area contributed by atoms with E-state index in [0.717, 1.165) is 16.9 Å². The van der Waals surface area contributed by atoms with Crippen LogP contribution in [-0.4, -0.2) is 4.98 Å². The Labute approximate surface area is 372 Å². The zero-order valence-electron chi connectivity index (χ0n) is 35.3. The van der Waals surface area contributed by atoms with Crippen molar-refractivity contribution in [1.29, 1.82) is 0 Å². The third-order valence-corrected chi connectivity index (χ3v) is 14.5. The van der Waals surface area contributed by atoms with Crippen molar-refractivity contribution in [1.82, 2.24) is 4.98 Å². The molecule has 298 valence electrons. The first-order valence-electron chi connectivity index (χ1n) is 21.9. The first-order chi connectivity index (χ1) is 31.0. The minimum Gasteiger partial charge on any atom is -0.236 e. The van der Waals surface area contributed by atoms with Crippen LogP contribution in [0.4, 0.5) is 0 Å². The average Bonchev–Trinajstić information content (AvgIpc) is 3.75. The SMILES string of the molecule is CC1(C)c2cc(-c3ccc4c(-c5ccccc5-c5ccccc5)c5ccccc5c(C5=CC=CC=C(c6ccccc6)C5)c4c3)ccc2-c2ccc(-c3nc4ccccc4s3)cc21. The molecule has 2 aliphatic carbocycles. The Morgan fingerprint density at radius 1 is 0.413 bits per heavy atom. The number of hydrogen-bond donors (Lipinski definition) is 0. The second-order valence-corrected chi connectivity index (χ2v) is 18.4. The molecule has 0 unspecified atom stereocenters. The van der Waals surface area contributed by atoms with Gasteiger partial charge in [0.05, 0.1) is 10.2 Å². The molecule has 0 amide bonds. The number of hydrogen-bond acceptors (Lipinski definition) is 2. The Hall–Kier alpha value is -7.39. The summed E-state index contributed by atoms with van der Waals surface area (Å²) in [7, 11) is 0. The first kappa shape index (κ1) is 37.4. The van der Waals surface area contributed by atoms with Crippen LogP contribution >= 0.6 is 11.3 Å². The minimum atomic E-state index is -0.183. The molecular formula is C61H43NS. The number of benzene rings is 9. The van der Waals surface area contributed by atoms with Crippen LogP contribution in [0.1, 0.15) is 42.5 Å². The van der Waals surface area contributed by atoms with E-state index in [1.165, 1.54) is 110 Å². The first-order valence-corrected chi connectivity index (χ1v) is 22.7. The molecule has 0 N–H and O–H groups in total. The summed E-state index contributed by atoms with van der Waals surface area (Å²) in [4.78, 5) is 5.02. The van der Waals surface area contributed by atoms with Gasteiger partial charge in [-0.25, -0.2) is 4.98 Å². The number of fused-ring (bicyclic) bond motifs is 6. The van der Waals surface area contributed by atoms with Gasteiger partial charge in [0, 0.05) is 11.0 Å². The molecule has 1 nitrogen and oxygen atoms in total. The van der Waals surface area contributed by atoms with Crippen LogP contribution in [0.15, 0.2) is 212 Å². The zero-order valence-corrected chi connectivity index (χ0v) is 36.1. The van der Waals surface area contributed by atoms with Crippen molar-refractivity contribution in [3.63, 3.8) is 0 Å². The Kier molecular flexibility index (Phi) is 8.84. The molecule has 2 aliphatic rings. The van der Waals surface area contributed by atoms with Gasteiger partial charge in [-0.1, -0.05) is 196 Å². The van der Waals surface area contributed by atoms with E-state index in [9.17, 15) is 0 Å². The van der Waals surface area contributed by atoms with Crippen molar-refractivity contribution in [3.8, 4) is 55.1 Å². The minimum absolute atomic E-state index is 0.183. The number of aromatic nitrogens is 1. The molecule has 0 spiro atoms. The van der Waals surface area contributed by atoms with Crippen LogP contribution < -0.4 is 0 Å². The molecule has 1 heterocycles. The maximum Gasteiger partial charge on any atom is 0.124 e. The summed E-state index contributed by atoms with van der Waals surface area (Å²) in [5.74, 6) is 0. The lowest BCUT2D eigenvalue weighted by Gasteiger charge is -2.23. The van der Waals surface area contributed by atoms with Crippen LogP contribution in [0, 0.1) is 0 Å². The fraction of sp³-hybridized carbons (Fsp3) is 0.0656. The molecule has 0 atom stereocenters. The number of nitrogens with zero attached hydrogens (tertiary/aromatic N) is 1. The smallest absolute Gasteiger partial charge is 0.124 e. The molecule has 10 aromatic rings. The lowest BCUT2D eigenvalue weighted by atomic mass is 9.80. The van der Waals surface area contributed by atoms with E-state index in [-0.39, 0.29) is 5.41 Å². The number of allylic oxidation sites excluding steroid dienone is 6. The van der Waals surface area contributed by atoms with E-state index < -0.39 is 0 Å². The third kappa shape index (κ3) is 6.24. The van der Waals surface area contributed by atoms with Gasteiger partial charge in [0.1, 0.15) is 5.01 Å². The topological polar surface area (TPSA) is 12.9 Å². The van der Waals surface area contributed by atoms with E-state index in [2.05, 4.69) is 226 Å². The molecule has 0 bridgehead atoms. The van der Waals surface area contributed by atoms with Crippen LogP contribution in [0.2, 0.25) is 0 Å². The number of rotatable bonds is 6. The van der Waals surface area contributed by atoms with Gasteiger partial charge >= 0.3 is 0 Å². The molecule has 12 rings (SSSR count). The predicted molar refractivity (Wildman–Crippen MR) is 270 cm³/mol. The summed E-state index contributed by atoms with van der Waals surface area (Å²) in [5.41, 5.74) is 20.0. The monoisotopic (exact) mass is 821 g/mol. The highest BCUT2D eigenvalue weighted by molar-refractivity contribution is 7.21. The summed E-state index contributed by atoms with van der Waals surface area (Å²) in [5, 5.41) is 6.12. The third-order valence-electron chi connectivity index (χ3n) is 13.4. The normalized spacial score (nSPS) is 14.1. The average molecular weight is 822 g/mol. The van der Waals surface area contributed by atoms with E-state index in [1.807, 2.05) is 0 Å². The number of thiazole rings is 1. The highest BCUT2D eigenvalue weighted by Crippen LogP contribution is 2.52. The van der Waals surface area contributed by atoms with Gasteiger partial charge < -0.3 is 0 Å². The molecule has 0 fully saturated rings. The predicted octanol–water partition coefficient (Wildman–Crippen LogP) is 17.0. The van der Waals surface area contributed by atoms with E-state index in [0.29, 0.717) is 0 Å². The van der Waals surface area contributed by atoms with Crippen molar-refractivity contribution in [2.45, 2.75) is 25.7 Å². The van der Waals surface area contributed by atoms with Crippen LogP contribution in [0.3, 0.4) is 0 Å². The van der Waals surface area contributed by atoms with Gasteiger partial charge in [-0.05, 0) is 136 Å².